The number of rotatable bonds is 3. The highest BCUT2D eigenvalue weighted by atomic mass is 16.1. The van der Waals surface area contributed by atoms with Gasteiger partial charge in [-0.25, -0.2) is 0 Å². The number of ketones is 1. The van der Waals surface area contributed by atoms with E-state index in [1.54, 1.807) is 0 Å². The normalized spacial score (nSPS) is 22.7. The lowest BCUT2D eigenvalue weighted by Crippen LogP contribution is -2.43. The molecule has 148 valence electrons. The SMILES string of the molecule is CN1/C(=C\C(=O)CN2CCCN(C(C)(C)C)CC2)C(C)(C)c2ccccc21. The van der Waals surface area contributed by atoms with Gasteiger partial charge in [-0.3, -0.25) is 14.6 Å². The van der Waals surface area contributed by atoms with Gasteiger partial charge in [0, 0.05) is 48.6 Å². The van der Waals surface area contributed by atoms with Crippen molar-refractivity contribution in [2.45, 2.75) is 52.0 Å². The number of nitrogens with zero attached hydrogens (tertiary/aromatic N) is 3. The zero-order valence-electron chi connectivity index (χ0n) is 17.9. The molecular formula is C23H35N3O. The van der Waals surface area contributed by atoms with Crippen molar-refractivity contribution in [3.05, 3.63) is 41.6 Å². The molecule has 4 heteroatoms. The van der Waals surface area contributed by atoms with Crippen LogP contribution in [0.4, 0.5) is 5.69 Å². The van der Waals surface area contributed by atoms with Crippen LogP contribution < -0.4 is 4.90 Å². The molecule has 0 N–H and O–H groups in total. The molecule has 2 aliphatic rings. The van der Waals surface area contributed by atoms with Gasteiger partial charge in [0.25, 0.3) is 0 Å². The Kier molecular flexibility index (Phi) is 5.51. The third-order valence-electron chi connectivity index (χ3n) is 6.15. The molecule has 1 saturated heterocycles. The van der Waals surface area contributed by atoms with E-state index in [-0.39, 0.29) is 16.7 Å². The minimum absolute atomic E-state index is 0.136. The predicted molar refractivity (Wildman–Crippen MR) is 113 cm³/mol. The van der Waals surface area contributed by atoms with Crippen LogP contribution in [0, 0.1) is 0 Å². The highest BCUT2D eigenvalue weighted by Gasteiger charge is 2.38. The minimum Gasteiger partial charge on any atom is -0.347 e. The summed E-state index contributed by atoms with van der Waals surface area (Å²) in [7, 11) is 2.07. The van der Waals surface area contributed by atoms with E-state index in [1.807, 2.05) is 6.08 Å². The first-order chi connectivity index (χ1) is 12.6. The second-order valence-electron chi connectivity index (χ2n) is 9.48. The van der Waals surface area contributed by atoms with Gasteiger partial charge in [-0.05, 0) is 51.9 Å². The van der Waals surface area contributed by atoms with Crippen molar-refractivity contribution >= 4 is 11.5 Å². The standard InChI is InChI=1S/C23H35N3O/c1-22(2,3)26-13-9-12-25(14-15-26)17-18(27)16-21-23(4,5)19-10-7-8-11-20(19)24(21)6/h7-8,10-11,16H,9,12-15,17H2,1-6H3/b21-16-. The first-order valence-electron chi connectivity index (χ1n) is 10.2. The van der Waals surface area contributed by atoms with Crippen LogP contribution in [-0.2, 0) is 10.2 Å². The van der Waals surface area contributed by atoms with Crippen LogP contribution >= 0.6 is 0 Å². The van der Waals surface area contributed by atoms with Crippen LogP contribution in [0.15, 0.2) is 36.0 Å². The van der Waals surface area contributed by atoms with Gasteiger partial charge >= 0.3 is 0 Å². The Balaban J connectivity index is 1.69. The summed E-state index contributed by atoms with van der Waals surface area (Å²) >= 11 is 0. The number of carbonyl (C=O) groups excluding carboxylic acids is 1. The van der Waals surface area contributed by atoms with E-state index in [0.29, 0.717) is 6.54 Å². The maximum Gasteiger partial charge on any atom is 0.171 e. The average molecular weight is 370 g/mol. The molecule has 2 aliphatic heterocycles. The van der Waals surface area contributed by atoms with Gasteiger partial charge in [0.15, 0.2) is 5.78 Å². The molecule has 4 nitrogen and oxygen atoms in total. The quantitative estimate of drug-likeness (QED) is 0.760. The van der Waals surface area contributed by atoms with Crippen molar-refractivity contribution in [2.24, 2.45) is 0 Å². The first-order valence-corrected chi connectivity index (χ1v) is 10.2. The molecule has 0 saturated carbocycles. The summed E-state index contributed by atoms with van der Waals surface area (Å²) in [6.07, 6.45) is 3.00. The van der Waals surface area contributed by atoms with Crippen LogP contribution in [0.1, 0.15) is 46.6 Å². The van der Waals surface area contributed by atoms with E-state index in [2.05, 4.69) is 80.6 Å². The molecule has 0 unspecified atom stereocenters. The second kappa shape index (κ2) is 7.40. The summed E-state index contributed by atoms with van der Waals surface area (Å²) in [4.78, 5) is 19.9. The molecule has 0 aliphatic carbocycles. The number of hydrogen-bond donors (Lipinski definition) is 0. The lowest BCUT2D eigenvalue weighted by Gasteiger charge is -2.34. The molecule has 3 rings (SSSR count). The third kappa shape index (κ3) is 4.12. The Labute approximate surface area is 164 Å². The highest BCUT2D eigenvalue weighted by Crippen LogP contribution is 2.46. The molecule has 27 heavy (non-hydrogen) atoms. The topological polar surface area (TPSA) is 26.8 Å². The van der Waals surface area contributed by atoms with E-state index >= 15 is 0 Å². The predicted octanol–water partition coefficient (Wildman–Crippen LogP) is 3.67. The third-order valence-corrected chi connectivity index (χ3v) is 6.15. The molecule has 1 fully saturated rings. The van der Waals surface area contributed by atoms with E-state index in [0.717, 1.165) is 38.3 Å². The Hall–Kier alpha value is -1.65. The summed E-state index contributed by atoms with van der Waals surface area (Å²) < 4.78 is 0. The van der Waals surface area contributed by atoms with Gasteiger partial charge in [-0.15, -0.1) is 0 Å². The maximum atomic E-state index is 12.9. The molecule has 0 radical (unpaired) electrons. The number of para-hydroxylation sites is 1. The van der Waals surface area contributed by atoms with Gasteiger partial charge in [0.2, 0.25) is 0 Å². The van der Waals surface area contributed by atoms with E-state index in [9.17, 15) is 4.79 Å². The number of likely N-dealkylation sites (N-methyl/N-ethyl adjacent to an activating group) is 1. The van der Waals surface area contributed by atoms with Crippen LogP contribution in [0.25, 0.3) is 0 Å². The molecule has 1 aromatic rings. The van der Waals surface area contributed by atoms with Crippen LogP contribution in [0.5, 0.6) is 0 Å². The van der Waals surface area contributed by atoms with Crippen molar-refractivity contribution < 1.29 is 4.79 Å². The van der Waals surface area contributed by atoms with Crippen LogP contribution in [-0.4, -0.2) is 60.9 Å². The molecule has 2 heterocycles. The largest absolute Gasteiger partial charge is 0.347 e. The van der Waals surface area contributed by atoms with Gasteiger partial charge in [-0.2, -0.15) is 0 Å². The van der Waals surface area contributed by atoms with Crippen molar-refractivity contribution in [1.29, 1.82) is 0 Å². The maximum absolute atomic E-state index is 12.9. The van der Waals surface area contributed by atoms with Crippen molar-refractivity contribution in [3.63, 3.8) is 0 Å². The summed E-state index contributed by atoms with van der Waals surface area (Å²) in [5.41, 5.74) is 3.66. The zero-order valence-corrected chi connectivity index (χ0v) is 17.9. The number of carbonyl (C=O) groups is 1. The fraction of sp³-hybridized carbons (Fsp3) is 0.609. The lowest BCUT2D eigenvalue weighted by atomic mass is 9.83. The first kappa shape index (κ1) is 20.1. The summed E-state index contributed by atoms with van der Waals surface area (Å²) in [6.45, 7) is 15.9. The number of allylic oxidation sites excluding steroid dienone is 1. The lowest BCUT2D eigenvalue weighted by molar-refractivity contribution is -0.115. The summed E-state index contributed by atoms with van der Waals surface area (Å²) in [5.74, 6) is 0.210. The minimum atomic E-state index is -0.136. The Morgan fingerprint density at radius 3 is 2.48 bits per heavy atom. The number of anilines is 1. The van der Waals surface area contributed by atoms with Gasteiger partial charge < -0.3 is 4.90 Å². The molecule has 0 bridgehead atoms. The highest BCUT2D eigenvalue weighted by molar-refractivity contribution is 5.94. The van der Waals surface area contributed by atoms with Gasteiger partial charge in [0.05, 0.1) is 6.54 Å². The van der Waals surface area contributed by atoms with Crippen molar-refractivity contribution in [2.75, 3.05) is 44.7 Å². The molecule has 1 aromatic carbocycles. The van der Waals surface area contributed by atoms with E-state index in [1.165, 1.54) is 11.3 Å². The second-order valence-corrected chi connectivity index (χ2v) is 9.48. The zero-order chi connectivity index (χ0) is 19.8. The molecule has 0 amide bonds. The number of fused-ring (bicyclic) bond motifs is 1. The summed E-state index contributed by atoms with van der Waals surface area (Å²) in [6, 6.07) is 8.46. The molecule has 0 aromatic heterocycles. The van der Waals surface area contributed by atoms with E-state index in [4.69, 9.17) is 0 Å². The van der Waals surface area contributed by atoms with Crippen LogP contribution in [0.3, 0.4) is 0 Å². The van der Waals surface area contributed by atoms with Crippen molar-refractivity contribution in [1.82, 2.24) is 9.80 Å². The monoisotopic (exact) mass is 369 g/mol. The fourth-order valence-corrected chi connectivity index (χ4v) is 4.48. The van der Waals surface area contributed by atoms with Gasteiger partial charge in [-0.1, -0.05) is 32.0 Å². The molecule has 0 atom stereocenters. The smallest absolute Gasteiger partial charge is 0.171 e. The summed E-state index contributed by atoms with van der Waals surface area (Å²) in [5, 5.41) is 0. The fourth-order valence-electron chi connectivity index (χ4n) is 4.48. The Bertz CT molecular complexity index is 729. The average Bonchev–Trinajstić information content (AvgIpc) is 2.77. The Morgan fingerprint density at radius 2 is 1.81 bits per heavy atom. The van der Waals surface area contributed by atoms with Gasteiger partial charge in [0.1, 0.15) is 0 Å². The Morgan fingerprint density at radius 1 is 1.11 bits per heavy atom. The molecular weight excluding hydrogens is 334 g/mol. The van der Waals surface area contributed by atoms with Crippen LogP contribution in [0.2, 0.25) is 0 Å². The molecule has 0 spiro atoms. The van der Waals surface area contributed by atoms with Crippen molar-refractivity contribution in [3.8, 4) is 0 Å². The number of benzene rings is 1. The van der Waals surface area contributed by atoms with E-state index < -0.39 is 0 Å². The number of hydrogen-bond acceptors (Lipinski definition) is 4.